The summed E-state index contributed by atoms with van der Waals surface area (Å²) in [4.78, 5) is 38.7. The summed E-state index contributed by atoms with van der Waals surface area (Å²) in [7, 11) is -5.97. The molecule has 0 radical (unpaired) electrons. The van der Waals surface area contributed by atoms with Crippen LogP contribution >= 0.6 is 0 Å². The number of methoxy groups -OCH3 is 1. The van der Waals surface area contributed by atoms with Crippen molar-refractivity contribution in [1.82, 2.24) is 4.90 Å². The van der Waals surface area contributed by atoms with Gasteiger partial charge in [-0.3, -0.25) is 19.3 Å². The number of carbonyl (C=O) groups is 2. The molecule has 0 spiro atoms. The molecule has 4 aromatic rings. The van der Waals surface area contributed by atoms with Gasteiger partial charge in [-0.1, -0.05) is 63.2 Å². The Morgan fingerprint density at radius 2 is 1.58 bits per heavy atom. The molecule has 4 aromatic carbocycles. The van der Waals surface area contributed by atoms with Crippen LogP contribution in [0.1, 0.15) is 76.3 Å². The molecule has 322 valence electrons. The molecule has 0 aliphatic carbocycles. The number of nitro benzene ring substituents is 1. The van der Waals surface area contributed by atoms with Crippen LogP contribution in [0.25, 0.3) is 0 Å². The Morgan fingerprint density at radius 3 is 2.15 bits per heavy atom. The standard InChI is InChI=1S/C44H55N3O11SSi/c1-43(2,3)57-42(50)45-28-33-27-40(58-60(8,9)44(4,5)6)37(25-32(33)26-38(45)41(49)55-7)46(59(53,54)36-21-17-34(18-22-36)47(51)52)24-23-39(48)31-15-19-35(20-16-31)56-29-30-13-11-10-12-14-30/h10-22,25,27,38-39,48H,23-24,26,28-29H2,1-9H3/t38-,39-/m0/s1. The zero-order chi connectivity index (χ0) is 44.2. The minimum absolute atomic E-state index is 0.0264. The first kappa shape index (κ1) is 45.6. The lowest BCUT2D eigenvalue weighted by Crippen LogP contribution is -2.50. The summed E-state index contributed by atoms with van der Waals surface area (Å²) in [6.07, 6.45) is -1.92. The fraction of sp³-hybridized carbons (Fsp3) is 0.409. The van der Waals surface area contributed by atoms with Gasteiger partial charge >= 0.3 is 12.1 Å². The van der Waals surface area contributed by atoms with Crippen LogP contribution in [0, 0.1) is 10.1 Å². The third-order valence-corrected chi connectivity index (χ3v) is 16.9. The Labute approximate surface area is 353 Å². The molecular formula is C44H55N3O11SSi. The first-order valence-corrected chi connectivity index (χ1v) is 24.0. The van der Waals surface area contributed by atoms with Crippen molar-refractivity contribution >= 4 is 41.8 Å². The van der Waals surface area contributed by atoms with Gasteiger partial charge in [-0.25, -0.2) is 18.0 Å². The maximum Gasteiger partial charge on any atom is 0.411 e. The van der Waals surface area contributed by atoms with Gasteiger partial charge in [0.1, 0.15) is 29.7 Å². The number of aliphatic hydroxyl groups excluding tert-OH is 1. The van der Waals surface area contributed by atoms with Gasteiger partial charge in [-0.15, -0.1) is 0 Å². The number of carbonyl (C=O) groups excluding carboxylic acids is 2. The summed E-state index contributed by atoms with van der Waals surface area (Å²) in [6.45, 7) is 15.4. The number of hydrogen-bond acceptors (Lipinski definition) is 11. The molecule has 1 amide bonds. The van der Waals surface area contributed by atoms with E-state index < -0.39 is 53.1 Å². The largest absolute Gasteiger partial charge is 0.542 e. The van der Waals surface area contributed by atoms with Crippen LogP contribution in [-0.4, -0.2) is 69.0 Å². The minimum atomic E-state index is -4.50. The maximum absolute atomic E-state index is 14.8. The van der Waals surface area contributed by atoms with Gasteiger partial charge in [0, 0.05) is 25.1 Å². The highest BCUT2D eigenvalue weighted by atomic mass is 32.2. The van der Waals surface area contributed by atoms with E-state index in [0.717, 1.165) is 22.0 Å². The summed E-state index contributed by atoms with van der Waals surface area (Å²) in [6, 6.07) is 23.4. The highest BCUT2D eigenvalue weighted by molar-refractivity contribution is 7.92. The molecule has 0 unspecified atom stereocenters. The molecule has 14 nitrogen and oxygen atoms in total. The second kappa shape index (κ2) is 18.0. The molecule has 60 heavy (non-hydrogen) atoms. The lowest BCUT2D eigenvalue weighted by molar-refractivity contribution is -0.384. The number of nitrogens with zero attached hydrogens (tertiary/aromatic N) is 3. The summed E-state index contributed by atoms with van der Waals surface area (Å²) in [5, 5.41) is 22.7. The van der Waals surface area contributed by atoms with Gasteiger partial charge < -0.3 is 23.7 Å². The van der Waals surface area contributed by atoms with E-state index in [1.807, 2.05) is 64.2 Å². The van der Waals surface area contributed by atoms with Crippen LogP contribution < -0.4 is 13.5 Å². The third kappa shape index (κ3) is 10.8. The number of sulfonamides is 1. The maximum atomic E-state index is 14.8. The summed E-state index contributed by atoms with van der Waals surface area (Å²) < 4.78 is 54.4. The van der Waals surface area contributed by atoms with E-state index in [2.05, 4.69) is 0 Å². The predicted molar refractivity (Wildman–Crippen MR) is 230 cm³/mol. The molecular weight excluding hydrogens is 807 g/mol. The molecule has 16 heteroatoms. The number of amides is 1. The minimum Gasteiger partial charge on any atom is -0.542 e. The normalized spacial score (nSPS) is 15.0. The Kier molecular flexibility index (Phi) is 13.7. The van der Waals surface area contributed by atoms with Gasteiger partial charge in [-0.05, 0) is 104 Å². The molecule has 1 aliphatic heterocycles. The molecule has 2 atom stereocenters. The molecule has 0 fully saturated rings. The fourth-order valence-corrected chi connectivity index (χ4v) is 8.84. The summed E-state index contributed by atoms with van der Waals surface area (Å²) in [5.74, 6) is 0.139. The molecule has 0 bridgehead atoms. The van der Waals surface area contributed by atoms with Crippen LogP contribution in [0.5, 0.6) is 11.5 Å². The van der Waals surface area contributed by atoms with E-state index in [4.69, 9.17) is 18.6 Å². The Hall–Kier alpha value is -5.45. The molecule has 0 saturated carbocycles. The fourth-order valence-electron chi connectivity index (χ4n) is 6.34. The smallest absolute Gasteiger partial charge is 0.411 e. The van der Waals surface area contributed by atoms with Crippen molar-refractivity contribution in [2.75, 3.05) is 18.0 Å². The first-order chi connectivity index (χ1) is 28.0. The second-order valence-electron chi connectivity index (χ2n) is 17.3. The number of rotatable bonds is 14. The SMILES string of the molecule is COC(=O)[C@@H]1Cc2cc(N(CC[C@H](O)c3ccc(OCc4ccccc4)cc3)S(=O)(=O)c3ccc([N+](=O)[O-])cc3)c(O[Si](C)(C)C(C)(C)C)cc2CN1C(=O)OC(C)(C)C. The van der Waals surface area contributed by atoms with Crippen molar-refractivity contribution in [1.29, 1.82) is 0 Å². The van der Waals surface area contributed by atoms with Crippen LogP contribution in [0.4, 0.5) is 16.2 Å². The highest BCUT2D eigenvalue weighted by Crippen LogP contribution is 2.44. The van der Waals surface area contributed by atoms with Crippen molar-refractivity contribution in [2.45, 2.75) is 108 Å². The lowest BCUT2D eigenvalue weighted by atomic mass is 9.93. The second-order valence-corrected chi connectivity index (χ2v) is 23.9. The average Bonchev–Trinajstić information content (AvgIpc) is 3.18. The quantitative estimate of drug-likeness (QED) is 0.0556. The number of benzene rings is 4. The number of fused-ring (bicyclic) bond motifs is 1. The Balaban J connectivity index is 1.59. The van der Waals surface area contributed by atoms with Crippen molar-refractivity contribution < 1.29 is 46.7 Å². The van der Waals surface area contributed by atoms with Crippen molar-refractivity contribution in [2.24, 2.45) is 0 Å². The zero-order valence-electron chi connectivity index (χ0n) is 35.6. The van der Waals surface area contributed by atoms with E-state index in [1.165, 1.54) is 24.1 Å². The molecule has 1 heterocycles. The summed E-state index contributed by atoms with van der Waals surface area (Å²) >= 11 is 0. The predicted octanol–water partition coefficient (Wildman–Crippen LogP) is 8.71. The molecule has 1 N–H and O–H groups in total. The number of aliphatic hydroxyl groups is 1. The zero-order valence-corrected chi connectivity index (χ0v) is 37.4. The number of non-ortho nitro benzene ring substituents is 1. The van der Waals surface area contributed by atoms with Crippen LogP contribution in [0.2, 0.25) is 18.1 Å². The van der Waals surface area contributed by atoms with E-state index in [0.29, 0.717) is 29.0 Å². The van der Waals surface area contributed by atoms with Crippen molar-refractivity contribution in [3.63, 3.8) is 0 Å². The van der Waals surface area contributed by atoms with Crippen molar-refractivity contribution in [3.8, 4) is 11.5 Å². The molecule has 0 saturated heterocycles. The first-order valence-electron chi connectivity index (χ1n) is 19.6. The van der Waals surface area contributed by atoms with E-state index >= 15 is 0 Å². The third-order valence-electron chi connectivity index (χ3n) is 10.7. The monoisotopic (exact) mass is 861 g/mol. The molecule has 0 aromatic heterocycles. The number of esters is 1. The number of ether oxygens (including phenoxy) is 3. The van der Waals surface area contributed by atoms with Gasteiger partial charge in [0.25, 0.3) is 24.0 Å². The Bertz CT molecular complexity index is 2270. The lowest BCUT2D eigenvalue weighted by Gasteiger charge is -2.40. The van der Waals surface area contributed by atoms with E-state index in [-0.39, 0.29) is 53.0 Å². The Morgan fingerprint density at radius 1 is 0.950 bits per heavy atom. The van der Waals surface area contributed by atoms with Crippen LogP contribution in [0.3, 0.4) is 0 Å². The molecule has 5 rings (SSSR count). The van der Waals surface area contributed by atoms with Crippen LogP contribution in [-0.2, 0) is 43.9 Å². The number of anilines is 1. The van der Waals surface area contributed by atoms with Crippen LogP contribution in [0.15, 0.2) is 95.9 Å². The van der Waals surface area contributed by atoms with Gasteiger partial charge in [0.15, 0.2) is 0 Å². The van der Waals surface area contributed by atoms with E-state index in [9.17, 15) is 33.2 Å². The summed E-state index contributed by atoms with van der Waals surface area (Å²) in [5.41, 5.74) is 1.71. The van der Waals surface area contributed by atoms with Gasteiger partial charge in [0.2, 0.25) is 0 Å². The van der Waals surface area contributed by atoms with Gasteiger partial charge in [-0.2, -0.15) is 0 Å². The van der Waals surface area contributed by atoms with E-state index in [1.54, 1.807) is 57.2 Å². The van der Waals surface area contributed by atoms with Gasteiger partial charge in [0.05, 0.1) is 35.3 Å². The topological polar surface area (TPSA) is 175 Å². The number of nitro groups is 1. The highest BCUT2D eigenvalue weighted by Gasteiger charge is 2.43. The number of hydrogen-bond donors (Lipinski definition) is 1. The van der Waals surface area contributed by atoms with Crippen molar-refractivity contribution in [3.05, 3.63) is 123 Å². The molecule has 1 aliphatic rings. The average molecular weight is 862 g/mol.